The first-order valence-corrected chi connectivity index (χ1v) is 9.56. The lowest BCUT2D eigenvalue weighted by Gasteiger charge is -2.34. The zero-order valence-corrected chi connectivity index (χ0v) is 16.4. The summed E-state index contributed by atoms with van der Waals surface area (Å²) in [5.74, 6) is -0.291. The topological polar surface area (TPSA) is 66.7 Å². The third-order valence-electron chi connectivity index (χ3n) is 5.34. The fraction of sp³-hybridized carbons (Fsp3) is 0.381. The van der Waals surface area contributed by atoms with Crippen LogP contribution in [0.1, 0.15) is 24.0 Å². The molecule has 0 saturated carbocycles. The van der Waals surface area contributed by atoms with Gasteiger partial charge >= 0.3 is 6.18 Å². The quantitative estimate of drug-likeness (QED) is 0.527. The summed E-state index contributed by atoms with van der Waals surface area (Å²) >= 11 is 0. The van der Waals surface area contributed by atoms with Gasteiger partial charge in [-0.05, 0) is 36.6 Å². The summed E-state index contributed by atoms with van der Waals surface area (Å²) in [6.07, 6.45) is -3.27. The monoisotopic (exact) mass is 421 g/mol. The van der Waals surface area contributed by atoms with Crippen LogP contribution in [0.5, 0.6) is 0 Å². The number of amides is 1. The SMILES string of the molecule is CN(Cc1ccc(C(F)(F)F)cc1)C(=O)C1CCN(c2ccccc2[N+](=O)[O-])CC1. The molecule has 0 spiro atoms. The number of nitro benzene ring substituents is 1. The summed E-state index contributed by atoms with van der Waals surface area (Å²) in [6.45, 7) is 1.27. The van der Waals surface area contributed by atoms with E-state index in [2.05, 4.69) is 0 Å². The maximum absolute atomic E-state index is 12.8. The van der Waals surface area contributed by atoms with E-state index in [1.807, 2.05) is 4.90 Å². The van der Waals surface area contributed by atoms with Crippen LogP contribution in [0.25, 0.3) is 0 Å². The molecule has 6 nitrogen and oxygen atoms in total. The first kappa shape index (κ1) is 21.6. The summed E-state index contributed by atoms with van der Waals surface area (Å²) < 4.78 is 38.0. The van der Waals surface area contributed by atoms with E-state index < -0.39 is 16.7 Å². The summed E-state index contributed by atoms with van der Waals surface area (Å²) in [6, 6.07) is 11.3. The molecule has 0 atom stereocenters. The second-order valence-corrected chi connectivity index (χ2v) is 7.40. The van der Waals surface area contributed by atoms with Gasteiger partial charge in [-0.15, -0.1) is 0 Å². The van der Waals surface area contributed by atoms with E-state index in [0.29, 0.717) is 37.2 Å². The van der Waals surface area contributed by atoms with Crippen LogP contribution in [-0.4, -0.2) is 35.9 Å². The van der Waals surface area contributed by atoms with Crippen molar-refractivity contribution in [1.29, 1.82) is 0 Å². The minimum Gasteiger partial charge on any atom is -0.366 e. The van der Waals surface area contributed by atoms with Gasteiger partial charge in [0.1, 0.15) is 5.69 Å². The first-order chi connectivity index (χ1) is 14.2. The largest absolute Gasteiger partial charge is 0.416 e. The third kappa shape index (κ3) is 4.90. The maximum atomic E-state index is 12.8. The minimum absolute atomic E-state index is 0.0432. The van der Waals surface area contributed by atoms with Gasteiger partial charge in [0.2, 0.25) is 5.91 Å². The van der Waals surface area contributed by atoms with Crippen LogP contribution in [-0.2, 0) is 17.5 Å². The summed E-state index contributed by atoms with van der Waals surface area (Å²) in [5, 5.41) is 11.2. The maximum Gasteiger partial charge on any atom is 0.416 e. The molecule has 0 unspecified atom stereocenters. The van der Waals surface area contributed by atoms with Gasteiger partial charge in [-0.3, -0.25) is 14.9 Å². The Morgan fingerprint density at radius 1 is 1.13 bits per heavy atom. The molecule has 1 fully saturated rings. The molecule has 0 bridgehead atoms. The molecule has 160 valence electrons. The van der Waals surface area contributed by atoms with Crippen LogP contribution in [0, 0.1) is 16.0 Å². The Balaban J connectivity index is 1.58. The number of hydrogen-bond acceptors (Lipinski definition) is 4. The second-order valence-electron chi connectivity index (χ2n) is 7.40. The van der Waals surface area contributed by atoms with Crippen molar-refractivity contribution in [2.45, 2.75) is 25.6 Å². The fourth-order valence-corrected chi connectivity index (χ4v) is 3.72. The standard InChI is InChI=1S/C21H22F3N3O3/c1-25(14-15-6-8-17(9-7-15)21(22,23)24)20(28)16-10-12-26(13-11-16)18-4-2-3-5-19(18)27(29)30/h2-9,16H,10-14H2,1H3. The summed E-state index contributed by atoms with van der Waals surface area (Å²) in [7, 11) is 1.63. The summed E-state index contributed by atoms with van der Waals surface area (Å²) in [4.78, 5) is 27.0. The number of nitrogens with zero attached hydrogens (tertiary/aromatic N) is 3. The van der Waals surface area contributed by atoms with Crippen molar-refractivity contribution in [3.05, 3.63) is 69.8 Å². The normalized spacial score (nSPS) is 15.1. The van der Waals surface area contributed by atoms with Crippen molar-refractivity contribution in [3.63, 3.8) is 0 Å². The highest BCUT2D eigenvalue weighted by atomic mass is 19.4. The molecule has 2 aromatic carbocycles. The van der Waals surface area contributed by atoms with Gasteiger partial charge in [0.15, 0.2) is 0 Å². The Labute approximate surface area is 172 Å². The Bertz CT molecular complexity index is 908. The lowest BCUT2D eigenvalue weighted by Crippen LogP contribution is -2.41. The van der Waals surface area contributed by atoms with Gasteiger partial charge < -0.3 is 9.80 Å². The third-order valence-corrected chi connectivity index (χ3v) is 5.34. The van der Waals surface area contributed by atoms with Crippen LogP contribution >= 0.6 is 0 Å². The first-order valence-electron chi connectivity index (χ1n) is 9.56. The van der Waals surface area contributed by atoms with Gasteiger partial charge in [-0.2, -0.15) is 13.2 Å². The number of nitro groups is 1. The van der Waals surface area contributed by atoms with Crippen molar-refractivity contribution in [1.82, 2.24) is 4.90 Å². The molecule has 3 rings (SSSR count). The number of piperidine rings is 1. The Kier molecular flexibility index (Phi) is 6.28. The predicted molar refractivity (Wildman–Crippen MR) is 106 cm³/mol. The average molecular weight is 421 g/mol. The second kappa shape index (κ2) is 8.73. The zero-order chi connectivity index (χ0) is 21.9. The van der Waals surface area contributed by atoms with Crippen molar-refractivity contribution in [2.75, 3.05) is 25.0 Å². The molecule has 0 N–H and O–H groups in total. The highest BCUT2D eigenvalue weighted by Gasteiger charge is 2.31. The van der Waals surface area contributed by atoms with E-state index in [1.54, 1.807) is 25.2 Å². The molecular weight excluding hydrogens is 399 g/mol. The van der Waals surface area contributed by atoms with E-state index in [9.17, 15) is 28.1 Å². The smallest absolute Gasteiger partial charge is 0.366 e. The number of carbonyl (C=O) groups excluding carboxylic acids is 1. The van der Waals surface area contributed by atoms with E-state index in [-0.39, 0.29) is 24.1 Å². The molecule has 1 heterocycles. The molecule has 30 heavy (non-hydrogen) atoms. The van der Waals surface area contributed by atoms with E-state index in [1.165, 1.54) is 23.1 Å². The van der Waals surface area contributed by atoms with E-state index >= 15 is 0 Å². The van der Waals surface area contributed by atoms with E-state index in [0.717, 1.165) is 12.1 Å². The van der Waals surface area contributed by atoms with Gasteiger partial charge in [0.05, 0.1) is 10.5 Å². The zero-order valence-electron chi connectivity index (χ0n) is 16.4. The molecule has 0 aliphatic carbocycles. The van der Waals surface area contributed by atoms with Gasteiger partial charge in [0, 0.05) is 38.7 Å². The number of hydrogen-bond donors (Lipinski definition) is 0. The minimum atomic E-state index is -4.39. The number of rotatable bonds is 5. The van der Waals surface area contributed by atoms with Crippen LogP contribution in [0.2, 0.25) is 0 Å². The van der Waals surface area contributed by atoms with Gasteiger partial charge in [-0.25, -0.2) is 0 Å². The van der Waals surface area contributed by atoms with E-state index in [4.69, 9.17) is 0 Å². The molecule has 1 saturated heterocycles. The molecule has 0 aromatic heterocycles. The number of para-hydroxylation sites is 2. The lowest BCUT2D eigenvalue weighted by atomic mass is 9.94. The van der Waals surface area contributed by atoms with Crippen molar-refractivity contribution < 1.29 is 22.9 Å². The highest BCUT2D eigenvalue weighted by molar-refractivity contribution is 5.79. The molecule has 9 heteroatoms. The van der Waals surface area contributed by atoms with Gasteiger partial charge in [0.25, 0.3) is 5.69 Å². The van der Waals surface area contributed by atoms with Crippen LogP contribution in [0.3, 0.4) is 0 Å². The van der Waals surface area contributed by atoms with Crippen molar-refractivity contribution >= 4 is 17.3 Å². The van der Waals surface area contributed by atoms with Crippen molar-refractivity contribution in [2.24, 2.45) is 5.92 Å². The van der Waals surface area contributed by atoms with Crippen LogP contribution in [0.4, 0.5) is 24.5 Å². The van der Waals surface area contributed by atoms with Crippen LogP contribution in [0.15, 0.2) is 48.5 Å². The predicted octanol–water partition coefficient (Wildman–Crippen LogP) is 4.49. The highest BCUT2D eigenvalue weighted by Crippen LogP contribution is 2.32. The van der Waals surface area contributed by atoms with Crippen LogP contribution < -0.4 is 4.90 Å². The Morgan fingerprint density at radius 3 is 2.30 bits per heavy atom. The molecule has 1 aliphatic rings. The Hall–Kier alpha value is -3.10. The van der Waals surface area contributed by atoms with Gasteiger partial charge in [-0.1, -0.05) is 24.3 Å². The van der Waals surface area contributed by atoms with Crippen molar-refractivity contribution in [3.8, 4) is 0 Å². The lowest BCUT2D eigenvalue weighted by molar-refractivity contribution is -0.384. The Morgan fingerprint density at radius 2 is 1.73 bits per heavy atom. The molecule has 0 radical (unpaired) electrons. The molecule has 2 aromatic rings. The number of carbonyl (C=O) groups is 1. The number of benzene rings is 2. The molecular formula is C21H22F3N3O3. The number of anilines is 1. The fourth-order valence-electron chi connectivity index (χ4n) is 3.72. The number of alkyl halides is 3. The average Bonchev–Trinajstić information content (AvgIpc) is 2.73. The molecule has 1 amide bonds. The summed E-state index contributed by atoms with van der Waals surface area (Å²) in [5.41, 5.74) is 0.493. The molecule has 1 aliphatic heterocycles. The number of halogens is 3.